The van der Waals surface area contributed by atoms with Crippen molar-refractivity contribution in [1.82, 2.24) is 10.2 Å². The van der Waals surface area contributed by atoms with Gasteiger partial charge < -0.3 is 10.2 Å². The zero-order valence-electron chi connectivity index (χ0n) is 10.2. The molecule has 2 fully saturated rings. The summed E-state index contributed by atoms with van der Waals surface area (Å²) in [4.78, 5) is 14.1. The molecule has 1 amide bonds. The summed E-state index contributed by atoms with van der Waals surface area (Å²) in [6, 6.07) is 0.492. The summed E-state index contributed by atoms with van der Waals surface area (Å²) in [6.45, 7) is 4.04. The van der Waals surface area contributed by atoms with Gasteiger partial charge in [-0.1, -0.05) is 19.8 Å². The van der Waals surface area contributed by atoms with E-state index in [4.69, 9.17) is 0 Å². The highest BCUT2D eigenvalue weighted by atomic mass is 35.5. The standard InChI is InChI=1S/C12H22N2O.ClH/c1-9-5-3-4-6-11(9)14(2)12(15)10-7-13-8-10;/h9-11,13H,3-8H2,1-2H3;1H. The van der Waals surface area contributed by atoms with Crippen LogP contribution < -0.4 is 5.32 Å². The van der Waals surface area contributed by atoms with Gasteiger partial charge in [0.05, 0.1) is 5.92 Å². The molecule has 1 aliphatic heterocycles. The molecule has 0 spiro atoms. The van der Waals surface area contributed by atoms with Gasteiger partial charge in [0.15, 0.2) is 0 Å². The number of amides is 1. The van der Waals surface area contributed by atoms with Crippen LogP contribution in [-0.2, 0) is 4.79 Å². The Labute approximate surface area is 104 Å². The first-order chi connectivity index (χ1) is 7.20. The molecule has 1 saturated heterocycles. The molecule has 1 heterocycles. The first-order valence-electron chi connectivity index (χ1n) is 6.17. The van der Waals surface area contributed by atoms with Crippen LogP contribution >= 0.6 is 12.4 Å². The fourth-order valence-electron chi connectivity index (χ4n) is 2.79. The van der Waals surface area contributed by atoms with Crippen molar-refractivity contribution in [2.24, 2.45) is 11.8 Å². The van der Waals surface area contributed by atoms with Crippen LogP contribution in [0.1, 0.15) is 32.6 Å². The van der Waals surface area contributed by atoms with E-state index in [1.54, 1.807) is 0 Å². The third kappa shape index (κ3) is 2.69. The molecular formula is C12H23ClN2O. The molecular weight excluding hydrogens is 224 g/mol. The first kappa shape index (κ1) is 13.8. The van der Waals surface area contributed by atoms with Crippen LogP contribution in [0.25, 0.3) is 0 Å². The second kappa shape index (κ2) is 5.87. The van der Waals surface area contributed by atoms with Crippen molar-refractivity contribution >= 4 is 18.3 Å². The molecule has 2 atom stereocenters. The van der Waals surface area contributed by atoms with Crippen molar-refractivity contribution in [2.75, 3.05) is 20.1 Å². The summed E-state index contributed by atoms with van der Waals surface area (Å²) in [7, 11) is 1.99. The van der Waals surface area contributed by atoms with Gasteiger partial charge in [-0.3, -0.25) is 4.79 Å². The molecule has 16 heavy (non-hydrogen) atoms. The monoisotopic (exact) mass is 246 g/mol. The molecule has 3 nitrogen and oxygen atoms in total. The molecule has 1 aliphatic carbocycles. The number of nitrogens with zero attached hydrogens (tertiary/aromatic N) is 1. The van der Waals surface area contributed by atoms with Crippen molar-refractivity contribution in [3.8, 4) is 0 Å². The smallest absolute Gasteiger partial charge is 0.228 e. The summed E-state index contributed by atoms with van der Waals surface area (Å²) in [6.07, 6.45) is 5.11. The van der Waals surface area contributed by atoms with E-state index in [2.05, 4.69) is 12.2 Å². The number of carbonyl (C=O) groups is 1. The lowest BCUT2D eigenvalue weighted by atomic mass is 9.84. The molecule has 2 rings (SSSR count). The Morgan fingerprint density at radius 1 is 1.25 bits per heavy atom. The normalized spacial score (nSPS) is 30.1. The summed E-state index contributed by atoms with van der Waals surface area (Å²) in [5, 5.41) is 3.16. The number of nitrogens with one attached hydrogen (secondary N) is 1. The van der Waals surface area contributed by atoms with Crippen LogP contribution in [-0.4, -0.2) is 37.0 Å². The number of hydrogen-bond donors (Lipinski definition) is 1. The largest absolute Gasteiger partial charge is 0.342 e. The molecule has 1 N–H and O–H groups in total. The van der Waals surface area contributed by atoms with Crippen LogP contribution in [0, 0.1) is 11.8 Å². The van der Waals surface area contributed by atoms with Crippen molar-refractivity contribution < 1.29 is 4.79 Å². The lowest BCUT2D eigenvalue weighted by molar-refractivity contribution is -0.139. The number of halogens is 1. The van der Waals surface area contributed by atoms with Crippen LogP contribution in [0.4, 0.5) is 0 Å². The predicted octanol–water partition coefficient (Wildman–Crippen LogP) is 1.66. The summed E-state index contributed by atoms with van der Waals surface area (Å²) in [5.41, 5.74) is 0. The van der Waals surface area contributed by atoms with Gasteiger partial charge in [-0.2, -0.15) is 0 Å². The van der Waals surface area contributed by atoms with E-state index >= 15 is 0 Å². The Bertz CT molecular complexity index is 243. The first-order valence-corrected chi connectivity index (χ1v) is 6.17. The van der Waals surface area contributed by atoms with Crippen LogP contribution in [0.3, 0.4) is 0 Å². The molecule has 1 saturated carbocycles. The summed E-state index contributed by atoms with van der Waals surface area (Å²) >= 11 is 0. The molecule has 94 valence electrons. The quantitative estimate of drug-likeness (QED) is 0.804. The van der Waals surface area contributed by atoms with E-state index in [0.717, 1.165) is 13.1 Å². The Kier molecular flexibility index (Phi) is 5.06. The van der Waals surface area contributed by atoms with E-state index in [0.29, 0.717) is 17.9 Å². The number of rotatable bonds is 2. The van der Waals surface area contributed by atoms with Gasteiger partial charge in [0.25, 0.3) is 0 Å². The summed E-state index contributed by atoms with van der Waals surface area (Å²) in [5.74, 6) is 1.29. The topological polar surface area (TPSA) is 32.3 Å². The highest BCUT2D eigenvalue weighted by molar-refractivity contribution is 5.85. The fraction of sp³-hybridized carbons (Fsp3) is 0.917. The molecule has 0 aromatic heterocycles. The van der Waals surface area contributed by atoms with Crippen molar-refractivity contribution in [3.05, 3.63) is 0 Å². The van der Waals surface area contributed by atoms with E-state index < -0.39 is 0 Å². The molecule has 0 aromatic carbocycles. The molecule has 2 aliphatic rings. The minimum absolute atomic E-state index is 0. The third-order valence-corrected chi connectivity index (χ3v) is 4.04. The second-order valence-electron chi connectivity index (χ2n) is 5.13. The van der Waals surface area contributed by atoms with E-state index in [-0.39, 0.29) is 18.3 Å². The zero-order chi connectivity index (χ0) is 10.8. The maximum absolute atomic E-state index is 12.1. The van der Waals surface area contributed by atoms with Gasteiger partial charge in [0, 0.05) is 26.2 Å². The van der Waals surface area contributed by atoms with E-state index in [9.17, 15) is 4.79 Å². The van der Waals surface area contributed by atoms with Gasteiger partial charge in [0.1, 0.15) is 0 Å². The zero-order valence-corrected chi connectivity index (χ0v) is 11.1. The Balaban J connectivity index is 0.00000128. The average molecular weight is 247 g/mol. The van der Waals surface area contributed by atoms with Crippen LogP contribution in [0.2, 0.25) is 0 Å². The highest BCUT2D eigenvalue weighted by Gasteiger charge is 2.33. The molecule has 0 bridgehead atoms. The van der Waals surface area contributed by atoms with Crippen LogP contribution in [0.5, 0.6) is 0 Å². The minimum Gasteiger partial charge on any atom is -0.342 e. The van der Waals surface area contributed by atoms with Gasteiger partial charge in [0.2, 0.25) is 5.91 Å². The van der Waals surface area contributed by atoms with Gasteiger partial charge in [-0.25, -0.2) is 0 Å². The van der Waals surface area contributed by atoms with Gasteiger partial charge in [-0.05, 0) is 18.8 Å². The molecule has 0 aromatic rings. The van der Waals surface area contributed by atoms with Crippen molar-refractivity contribution in [1.29, 1.82) is 0 Å². The Morgan fingerprint density at radius 2 is 1.88 bits per heavy atom. The Hall–Kier alpha value is -0.280. The Morgan fingerprint density at radius 3 is 2.38 bits per heavy atom. The lowest BCUT2D eigenvalue weighted by Gasteiger charge is -2.39. The highest BCUT2D eigenvalue weighted by Crippen LogP contribution is 2.28. The lowest BCUT2D eigenvalue weighted by Crippen LogP contribution is -2.54. The third-order valence-electron chi connectivity index (χ3n) is 4.04. The van der Waals surface area contributed by atoms with Crippen molar-refractivity contribution in [2.45, 2.75) is 38.6 Å². The summed E-state index contributed by atoms with van der Waals surface area (Å²) < 4.78 is 0. The average Bonchev–Trinajstić information content (AvgIpc) is 2.15. The maximum Gasteiger partial charge on any atom is 0.228 e. The maximum atomic E-state index is 12.1. The fourth-order valence-corrected chi connectivity index (χ4v) is 2.79. The van der Waals surface area contributed by atoms with E-state index in [1.807, 2.05) is 11.9 Å². The van der Waals surface area contributed by atoms with E-state index in [1.165, 1.54) is 25.7 Å². The molecule has 2 unspecified atom stereocenters. The SMILES string of the molecule is CC1CCCCC1N(C)C(=O)C1CNC1.Cl. The van der Waals surface area contributed by atoms with Gasteiger partial charge >= 0.3 is 0 Å². The number of carbonyl (C=O) groups excluding carboxylic acids is 1. The number of hydrogen-bond acceptors (Lipinski definition) is 2. The minimum atomic E-state index is 0. The van der Waals surface area contributed by atoms with Gasteiger partial charge in [-0.15, -0.1) is 12.4 Å². The van der Waals surface area contributed by atoms with Crippen molar-refractivity contribution in [3.63, 3.8) is 0 Å². The second-order valence-corrected chi connectivity index (χ2v) is 5.13. The van der Waals surface area contributed by atoms with Crippen LogP contribution in [0.15, 0.2) is 0 Å². The molecule has 0 radical (unpaired) electrons. The predicted molar refractivity (Wildman–Crippen MR) is 67.8 cm³/mol. The molecule has 4 heteroatoms.